The second kappa shape index (κ2) is 10.5. The molecule has 1 rings (SSSR count). The van der Waals surface area contributed by atoms with E-state index in [0.29, 0.717) is 6.42 Å². The highest BCUT2D eigenvalue weighted by Crippen LogP contribution is 2.10. The molecular weight excluding hydrogens is 348 g/mol. The summed E-state index contributed by atoms with van der Waals surface area (Å²) >= 11 is 0. The third kappa shape index (κ3) is 8.11. The minimum atomic E-state index is -1.25. The summed E-state index contributed by atoms with van der Waals surface area (Å²) < 4.78 is 10.2. The van der Waals surface area contributed by atoms with Gasteiger partial charge < -0.3 is 20.1 Å². The molecule has 7 heteroatoms. The molecular formula is C20H30N2O5. The highest BCUT2D eigenvalue weighted by atomic mass is 16.5. The molecule has 1 unspecified atom stereocenters. The zero-order chi connectivity index (χ0) is 20.4. The Morgan fingerprint density at radius 3 is 2.26 bits per heavy atom. The number of alkyl carbamates (subject to hydrolysis) is 1. The summed E-state index contributed by atoms with van der Waals surface area (Å²) in [7, 11) is 0. The van der Waals surface area contributed by atoms with Gasteiger partial charge in [0.05, 0.1) is 6.61 Å². The molecule has 1 aromatic carbocycles. The second-order valence-corrected chi connectivity index (χ2v) is 7.22. The van der Waals surface area contributed by atoms with Crippen LogP contribution in [0.5, 0.6) is 0 Å². The maximum atomic E-state index is 12.6. The molecule has 2 N–H and O–H groups in total. The SMILES string of the molecule is CCOC(=O)C(CC(C)C)NC(=O)C(C)(C)NC(=O)OCc1ccccc1. The lowest BCUT2D eigenvalue weighted by Crippen LogP contribution is -2.58. The number of carbonyl (C=O) groups excluding carboxylic acids is 3. The highest BCUT2D eigenvalue weighted by molar-refractivity contribution is 5.92. The average molecular weight is 378 g/mol. The lowest BCUT2D eigenvalue weighted by Gasteiger charge is -2.28. The molecule has 0 aliphatic rings. The molecule has 0 aliphatic carbocycles. The van der Waals surface area contributed by atoms with Crippen LogP contribution in [0.25, 0.3) is 0 Å². The molecule has 0 saturated heterocycles. The number of rotatable bonds is 9. The van der Waals surface area contributed by atoms with Crippen LogP contribution in [-0.4, -0.2) is 36.2 Å². The summed E-state index contributed by atoms with van der Waals surface area (Å²) in [6, 6.07) is 8.46. The summed E-state index contributed by atoms with van der Waals surface area (Å²) in [5.41, 5.74) is -0.413. The normalized spacial score (nSPS) is 12.2. The van der Waals surface area contributed by atoms with Crippen LogP contribution in [0.1, 0.15) is 46.6 Å². The molecule has 2 amide bonds. The summed E-state index contributed by atoms with van der Waals surface area (Å²) in [6.07, 6.45) is -0.269. The lowest BCUT2D eigenvalue weighted by molar-refractivity contribution is -0.148. The number of nitrogens with one attached hydrogen (secondary N) is 2. The van der Waals surface area contributed by atoms with E-state index in [0.717, 1.165) is 5.56 Å². The van der Waals surface area contributed by atoms with Crippen molar-refractivity contribution in [3.63, 3.8) is 0 Å². The van der Waals surface area contributed by atoms with E-state index in [1.54, 1.807) is 20.8 Å². The molecule has 27 heavy (non-hydrogen) atoms. The number of hydrogen-bond acceptors (Lipinski definition) is 5. The molecule has 7 nitrogen and oxygen atoms in total. The number of amides is 2. The standard InChI is InChI=1S/C20H30N2O5/c1-6-26-17(23)16(12-14(2)3)21-18(24)20(4,5)22-19(25)27-13-15-10-8-7-9-11-15/h7-11,14,16H,6,12-13H2,1-5H3,(H,21,24)(H,22,25). The fraction of sp³-hybridized carbons (Fsp3) is 0.550. The molecule has 0 radical (unpaired) electrons. The minimum absolute atomic E-state index is 0.100. The van der Waals surface area contributed by atoms with Gasteiger partial charge in [0.1, 0.15) is 18.2 Å². The van der Waals surface area contributed by atoms with Gasteiger partial charge in [-0.05, 0) is 38.7 Å². The van der Waals surface area contributed by atoms with Crippen LogP contribution in [0, 0.1) is 5.92 Å². The Hall–Kier alpha value is -2.57. The topological polar surface area (TPSA) is 93.7 Å². The number of benzene rings is 1. The monoisotopic (exact) mass is 378 g/mol. The summed E-state index contributed by atoms with van der Waals surface area (Å²) in [5, 5.41) is 5.20. The van der Waals surface area contributed by atoms with E-state index < -0.39 is 29.6 Å². The van der Waals surface area contributed by atoms with Crippen molar-refractivity contribution < 1.29 is 23.9 Å². The van der Waals surface area contributed by atoms with Crippen LogP contribution < -0.4 is 10.6 Å². The Kier molecular flexibility index (Phi) is 8.78. The molecule has 0 aliphatic heterocycles. The zero-order valence-electron chi connectivity index (χ0n) is 16.7. The predicted molar refractivity (Wildman–Crippen MR) is 102 cm³/mol. The first-order valence-corrected chi connectivity index (χ1v) is 9.12. The van der Waals surface area contributed by atoms with E-state index in [4.69, 9.17) is 9.47 Å². The first-order chi connectivity index (χ1) is 12.7. The zero-order valence-corrected chi connectivity index (χ0v) is 16.7. The van der Waals surface area contributed by atoms with Gasteiger partial charge in [0.2, 0.25) is 5.91 Å². The largest absolute Gasteiger partial charge is 0.464 e. The van der Waals surface area contributed by atoms with Gasteiger partial charge in [-0.3, -0.25) is 4.79 Å². The van der Waals surface area contributed by atoms with Gasteiger partial charge in [0, 0.05) is 0 Å². The molecule has 0 saturated carbocycles. The van der Waals surface area contributed by atoms with Crippen molar-refractivity contribution in [2.45, 2.75) is 59.2 Å². The van der Waals surface area contributed by atoms with Crippen molar-refractivity contribution in [2.24, 2.45) is 5.92 Å². The molecule has 150 valence electrons. The molecule has 1 atom stereocenters. The molecule has 0 aromatic heterocycles. The molecule has 0 spiro atoms. The van der Waals surface area contributed by atoms with Crippen molar-refractivity contribution >= 4 is 18.0 Å². The Morgan fingerprint density at radius 2 is 1.70 bits per heavy atom. The van der Waals surface area contributed by atoms with Gasteiger partial charge in [0.25, 0.3) is 0 Å². The Labute approximate surface area is 160 Å². The van der Waals surface area contributed by atoms with Gasteiger partial charge in [-0.1, -0.05) is 44.2 Å². The number of esters is 1. The van der Waals surface area contributed by atoms with Gasteiger partial charge in [-0.25, -0.2) is 9.59 Å². The molecule has 0 bridgehead atoms. The van der Waals surface area contributed by atoms with Crippen molar-refractivity contribution in [3.8, 4) is 0 Å². The quantitative estimate of drug-likeness (QED) is 0.645. The van der Waals surface area contributed by atoms with E-state index >= 15 is 0 Å². The fourth-order valence-corrected chi connectivity index (χ4v) is 2.34. The number of ether oxygens (including phenoxy) is 2. The van der Waals surface area contributed by atoms with Crippen LogP contribution in [0.15, 0.2) is 30.3 Å². The molecule has 0 heterocycles. The number of carbonyl (C=O) groups is 3. The third-order valence-corrected chi connectivity index (χ3v) is 3.78. The fourth-order valence-electron chi connectivity index (χ4n) is 2.34. The van der Waals surface area contributed by atoms with E-state index in [1.165, 1.54) is 0 Å². The van der Waals surface area contributed by atoms with Crippen molar-refractivity contribution in [1.82, 2.24) is 10.6 Å². The average Bonchev–Trinajstić information content (AvgIpc) is 2.59. The van der Waals surface area contributed by atoms with Crippen LogP contribution >= 0.6 is 0 Å². The molecule has 0 fully saturated rings. The Balaban J connectivity index is 2.63. The predicted octanol–water partition coefficient (Wildman–Crippen LogP) is 2.79. The van der Waals surface area contributed by atoms with Crippen molar-refractivity contribution in [3.05, 3.63) is 35.9 Å². The third-order valence-electron chi connectivity index (χ3n) is 3.78. The lowest BCUT2D eigenvalue weighted by atomic mass is 10.0. The maximum Gasteiger partial charge on any atom is 0.408 e. The van der Waals surface area contributed by atoms with E-state index in [2.05, 4.69) is 10.6 Å². The maximum absolute atomic E-state index is 12.6. The smallest absolute Gasteiger partial charge is 0.408 e. The van der Waals surface area contributed by atoms with E-state index in [1.807, 2.05) is 44.2 Å². The van der Waals surface area contributed by atoms with Gasteiger partial charge in [-0.2, -0.15) is 0 Å². The van der Waals surface area contributed by atoms with Crippen molar-refractivity contribution in [2.75, 3.05) is 6.61 Å². The van der Waals surface area contributed by atoms with E-state index in [-0.39, 0.29) is 19.1 Å². The first kappa shape index (κ1) is 22.5. The highest BCUT2D eigenvalue weighted by Gasteiger charge is 2.34. The van der Waals surface area contributed by atoms with Crippen molar-refractivity contribution in [1.29, 1.82) is 0 Å². The summed E-state index contributed by atoms with van der Waals surface area (Å²) in [4.78, 5) is 36.7. The first-order valence-electron chi connectivity index (χ1n) is 9.12. The van der Waals surface area contributed by atoms with E-state index in [9.17, 15) is 14.4 Å². The summed E-state index contributed by atoms with van der Waals surface area (Å²) in [5.74, 6) is -0.786. The summed E-state index contributed by atoms with van der Waals surface area (Å²) in [6.45, 7) is 9.03. The second-order valence-electron chi connectivity index (χ2n) is 7.22. The Bertz CT molecular complexity index is 629. The van der Waals surface area contributed by atoms with Crippen LogP contribution in [0.4, 0.5) is 4.79 Å². The van der Waals surface area contributed by atoms with Crippen LogP contribution in [-0.2, 0) is 25.7 Å². The molecule has 1 aromatic rings. The number of hydrogen-bond donors (Lipinski definition) is 2. The van der Waals surface area contributed by atoms with Crippen LogP contribution in [0.3, 0.4) is 0 Å². The van der Waals surface area contributed by atoms with Gasteiger partial charge in [0.15, 0.2) is 0 Å². The van der Waals surface area contributed by atoms with Crippen LogP contribution in [0.2, 0.25) is 0 Å². The Morgan fingerprint density at radius 1 is 1.07 bits per heavy atom. The van der Waals surface area contributed by atoms with Gasteiger partial charge >= 0.3 is 12.1 Å². The van der Waals surface area contributed by atoms with Gasteiger partial charge in [-0.15, -0.1) is 0 Å². The minimum Gasteiger partial charge on any atom is -0.464 e.